The van der Waals surface area contributed by atoms with Crippen LogP contribution in [0.2, 0.25) is 0 Å². The maximum absolute atomic E-state index is 13.3. The SMILES string of the molecule is CCOc1ccc(S(=O)(=O)N2CCC[C@@H](C(=O)Nc3ccc(F)c(F)c3)C2)cc1. The number of hydrogen-bond donors (Lipinski definition) is 1. The van der Waals surface area contributed by atoms with Crippen LogP contribution in [-0.2, 0) is 14.8 Å². The van der Waals surface area contributed by atoms with Crippen molar-refractivity contribution in [2.45, 2.75) is 24.7 Å². The number of nitrogens with zero attached hydrogens (tertiary/aromatic N) is 1. The Balaban J connectivity index is 1.70. The highest BCUT2D eigenvalue weighted by Crippen LogP contribution is 2.26. The van der Waals surface area contributed by atoms with E-state index in [4.69, 9.17) is 4.74 Å². The first-order chi connectivity index (χ1) is 13.8. The van der Waals surface area contributed by atoms with Gasteiger partial charge in [-0.2, -0.15) is 4.31 Å². The Hall–Kier alpha value is -2.52. The van der Waals surface area contributed by atoms with Gasteiger partial charge in [0.15, 0.2) is 11.6 Å². The smallest absolute Gasteiger partial charge is 0.243 e. The molecule has 29 heavy (non-hydrogen) atoms. The molecule has 6 nitrogen and oxygen atoms in total. The van der Waals surface area contributed by atoms with E-state index in [1.165, 1.54) is 22.5 Å². The summed E-state index contributed by atoms with van der Waals surface area (Å²) in [5.41, 5.74) is 0.125. The summed E-state index contributed by atoms with van der Waals surface area (Å²) < 4.78 is 58.8. The second kappa shape index (κ2) is 8.87. The molecule has 9 heteroatoms. The molecule has 1 N–H and O–H groups in total. The highest BCUT2D eigenvalue weighted by Gasteiger charge is 2.33. The number of piperidine rings is 1. The molecule has 0 saturated carbocycles. The minimum absolute atomic E-state index is 0.0189. The average Bonchev–Trinajstić information content (AvgIpc) is 2.71. The summed E-state index contributed by atoms with van der Waals surface area (Å²) in [6, 6.07) is 9.21. The molecular weight excluding hydrogens is 402 g/mol. The third-order valence-corrected chi connectivity index (χ3v) is 6.59. The molecule has 0 spiro atoms. The van der Waals surface area contributed by atoms with Crippen molar-refractivity contribution >= 4 is 21.6 Å². The van der Waals surface area contributed by atoms with Gasteiger partial charge in [-0.1, -0.05) is 0 Å². The quantitative estimate of drug-likeness (QED) is 0.771. The number of carbonyl (C=O) groups is 1. The summed E-state index contributed by atoms with van der Waals surface area (Å²) in [4.78, 5) is 12.7. The van der Waals surface area contributed by atoms with E-state index in [0.29, 0.717) is 31.7 Å². The number of carbonyl (C=O) groups excluding carboxylic acids is 1. The minimum Gasteiger partial charge on any atom is -0.494 e. The third-order valence-electron chi connectivity index (χ3n) is 4.71. The third kappa shape index (κ3) is 4.91. The van der Waals surface area contributed by atoms with E-state index >= 15 is 0 Å². The van der Waals surface area contributed by atoms with Crippen LogP contribution in [0, 0.1) is 17.6 Å². The van der Waals surface area contributed by atoms with Gasteiger partial charge in [0.1, 0.15) is 5.75 Å². The fraction of sp³-hybridized carbons (Fsp3) is 0.350. The van der Waals surface area contributed by atoms with Crippen molar-refractivity contribution in [2.75, 3.05) is 25.0 Å². The van der Waals surface area contributed by atoms with E-state index in [1.807, 2.05) is 6.92 Å². The fourth-order valence-electron chi connectivity index (χ4n) is 3.22. The van der Waals surface area contributed by atoms with Crippen LogP contribution < -0.4 is 10.1 Å². The van der Waals surface area contributed by atoms with E-state index < -0.39 is 33.5 Å². The number of ether oxygens (including phenoxy) is 1. The number of nitrogens with one attached hydrogen (secondary N) is 1. The molecule has 3 rings (SSSR count). The minimum atomic E-state index is -3.76. The first kappa shape index (κ1) is 21.2. The van der Waals surface area contributed by atoms with Crippen LogP contribution in [0.1, 0.15) is 19.8 Å². The molecule has 0 aromatic heterocycles. The van der Waals surface area contributed by atoms with Gasteiger partial charge < -0.3 is 10.1 Å². The lowest BCUT2D eigenvalue weighted by Crippen LogP contribution is -2.43. The van der Waals surface area contributed by atoms with Gasteiger partial charge in [-0.05, 0) is 56.2 Å². The first-order valence-corrected chi connectivity index (χ1v) is 10.7. The molecule has 1 heterocycles. The Morgan fingerprint density at radius 2 is 1.90 bits per heavy atom. The molecule has 1 amide bonds. The molecule has 0 unspecified atom stereocenters. The van der Waals surface area contributed by atoms with Crippen molar-refractivity contribution in [3.8, 4) is 5.75 Å². The molecule has 2 aromatic carbocycles. The summed E-state index contributed by atoms with van der Waals surface area (Å²) in [7, 11) is -3.76. The molecule has 156 valence electrons. The normalized spacial score (nSPS) is 17.7. The molecule has 0 bridgehead atoms. The van der Waals surface area contributed by atoms with Gasteiger partial charge in [0.25, 0.3) is 0 Å². The number of anilines is 1. The van der Waals surface area contributed by atoms with Gasteiger partial charge in [0.05, 0.1) is 17.4 Å². The zero-order chi connectivity index (χ0) is 21.0. The maximum Gasteiger partial charge on any atom is 0.243 e. The molecule has 0 aliphatic carbocycles. The first-order valence-electron chi connectivity index (χ1n) is 9.30. The Bertz CT molecular complexity index is 980. The van der Waals surface area contributed by atoms with Gasteiger partial charge in [-0.25, -0.2) is 17.2 Å². The zero-order valence-electron chi connectivity index (χ0n) is 15.9. The van der Waals surface area contributed by atoms with Crippen molar-refractivity contribution in [2.24, 2.45) is 5.92 Å². The van der Waals surface area contributed by atoms with Crippen LogP contribution >= 0.6 is 0 Å². The number of amides is 1. The monoisotopic (exact) mass is 424 g/mol. The lowest BCUT2D eigenvalue weighted by molar-refractivity contribution is -0.120. The zero-order valence-corrected chi connectivity index (χ0v) is 16.7. The predicted octanol–water partition coefficient (Wildman–Crippen LogP) is 3.40. The molecule has 1 saturated heterocycles. The lowest BCUT2D eigenvalue weighted by atomic mass is 9.98. The van der Waals surface area contributed by atoms with E-state index in [2.05, 4.69) is 5.32 Å². The van der Waals surface area contributed by atoms with Crippen molar-refractivity contribution in [3.63, 3.8) is 0 Å². The number of sulfonamides is 1. The maximum atomic E-state index is 13.3. The Kier molecular flexibility index (Phi) is 6.49. The number of hydrogen-bond acceptors (Lipinski definition) is 4. The van der Waals surface area contributed by atoms with E-state index in [1.54, 1.807) is 12.1 Å². The second-order valence-corrected chi connectivity index (χ2v) is 8.66. The predicted molar refractivity (Wildman–Crippen MR) is 104 cm³/mol. The van der Waals surface area contributed by atoms with Gasteiger partial charge in [0, 0.05) is 24.8 Å². The van der Waals surface area contributed by atoms with Gasteiger partial charge >= 0.3 is 0 Å². The molecule has 2 aromatic rings. The highest BCUT2D eigenvalue weighted by molar-refractivity contribution is 7.89. The Morgan fingerprint density at radius 1 is 1.17 bits per heavy atom. The van der Waals surface area contributed by atoms with Crippen molar-refractivity contribution in [3.05, 3.63) is 54.1 Å². The molecule has 0 radical (unpaired) electrons. The summed E-state index contributed by atoms with van der Waals surface area (Å²) in [5, 5.41) is 2.53. The van der Waals surface area contributed by atoms with Crippen molar-refractivity contribution in [1.82, 2.24) is 4.31 Å². The van der Waals surface area contributed by atoms with Crippen molar-refractivity contribution in [1.29, 1.82) is 0 Å². The van der Waals surface area contributed by atoms with Gasteiger partial charge in [-0.3, -0.25) is 4.79 Å². The largest absolute Gasteiger partial charge is 0.494 e. The summed E-state index contributed by atoms with van der Waals surface area (Å²) in [5.74, 6) is -2.51. The number of halogens is 2. The van der Waals surface area contributed by atoms with Crippen LogP contribution in [-0.4, -0.2) is 38.3 Å². The topological polar surface area (TPSA) is 75.7 Å². The van der Waals surface area contributed by atoms with Crippen molar-refractivity contribution < 1.29 is 26.7 Å². The van der Waals surface area contributed by atoms with Crippen LogP contribution in [0.25, 0.3) is 0 Å². The Labute approximate surface area is 168 Å². The Morgan fingerprint density at radius 3 is 2.55 bits per heavy atom. The van der Waals surface area contributed by atoms with Crippen LogP contribution in [0.4, 0.5) is 14.5 Å². The highest BCUT2D eigenvalue weighted by atomic mass is 32.2. The van der Waals surface area contributed by atoms with Crippen LogP contribution in [0.15, 0.2) is 47.4 Å². The number of benzene rings is 2. The van der Waals surface area contributed by atoms with Crippen LogP contribution in [0.5, 0.6) is 5.75 Å². The average molecular weight is 424 g/mol. The molecule has 1 fully saturated rings. The molecule has 1 aliphatic heterocycles. The van der Waals surface area contributed by atoms with E-state index in [9.17, 15) is 22.0 Å². The molecule has 1 aliphatic rings. The second-order valence-electron chi connectivity index (χ2n) is 6.72. The lowest BCUT2D eigenvalue weighted by Gasteiger charge is -2.31. The van der Waals surface area contributed by atoms with E-state index in [0.717, 1.165) is 12.1 Å². The summed E-state index contributed by atoms with van der Waals surface area (Å²) >= 11 is 0. The van der Waals surface area contributed by atoms with E-state index in [-0.39, 0.29) is 17.1 Å². The summed E-state index contributed by atoms with van der Waals surface area (Å²) in [6.45, 7) is 2.65. The van der Waals surface area contributed by atoms with Gasteiger partial charge in [-0.15, -0.1) is 0 Å². The molecule has 1 atom stereocenters. The van der Waals surface area contributed by atoms with Gasteiger partial charge in [0.2, 0.25) is 15.9 Å². The fourth-order valence-corrected chi connectivity index (χ4v) is 4.74. The molecular formula is C20H22F2N2O4S. The summed E-state index contributed by atoms with van der Waals surface area (Å²) in [6.07, 6.45) is 1.02. The standard InChI is InChI=1S/C20H22F2N2O4S/c1-2-28-16-6-8-17(9-7-16)29(26,27)24-11-3-4-14(13-24)20(25)23-15-5-10-18(21)19(22)12-15/h5-10,12,14H,2-4,11,13H2,1H3,(H,23,25)/t14-/m1/s1. The van der Waals surface area contributed by atoms with Crippen LogP contribution in [0.3, 0.4) is 0 Å². The number of rotatable bonds is 6.